The number of carbonyl (C=O) groups excluding carboxylic acids is 2. The molecule has 144 valence electrons. The van der Waals surface area contributed by atoms with E-state index in [1.165, 1.54) is 11.0 Å². The molecule has 2 aromatic rings. The molecule has 2 amide bonds. The predicted octanol–water partition coefficient (Wildman–Crippen LogP) is 4.13. The number of hydrogen-bond donors (Lipinski definition) is 1. The number of thiocarbonyl (C=S) groups is 1. The average molecular weight is 481 g/mol. The normalized spacial score (nSPS) is 18.9. The minimum absolute atomic E-state index is 0.0212. The molecule has 1 aromatic carbocycles. The molecule has 28 heavy (non-hydrogen) atoms. The number of hydrogen-bond acceptors (Lipinski definition) is 5. The summed E-state index contributed by atoms with van der Waals surface area (Å²) in [6.07, 6.45) is 3.66. The molecule has 0 saturated carbocycles. The minimum atomic E-state index is -0.560. The summed E-state index contributed by atoms with van der Waals surface area (Å²) in [5, 5.41) is 3.11. The van der Waals surface area contributed by atoms with Gasteiger partial charge < -0.3 is 9.32 Å². The Bertz CT molecular complexity index is 996. The summed E-state index contributed by atoms with van der Waals surface area (Å²) in [4.78, 5) is 28.8. The molecule has 1 N–H and O–H groups in total. The monoisotopic (exact) mass is 479 g/mol. The van der Waals surface area contributed by atoms with Gasteiger partial charge in [-0.15, -0.1) is 0 Å². The maximum atomic E-state index is 13.0. The second-order valence-corrected chi connectivity index (χ2v) is 8.11. The second-order valence-electron chi connectivity index (χ2n) is 6.43. The van der Waals surface area contributed by atoms with Gasteiger partial charge in [0.2, 0.25) is 5.88 Å². The number of furan rings is 1. The molecule has 3 heterocycles. The lowest BCUT2D eigenvalue weighted by atomic mass is 10.1. The molecule has 0 unspecified atom stereocenters. The Kier molecular flexibility index (Phi) is 5.27. The Hall–Kier alpha value is -2.16. The first kappa shape index (κ1) is 19.2. The third-order valence-electron chi connectivity index (χ3n) is 4.55. The van der Waals surface area contributed by atoms with Crippen molar-refractivity contribution >= 4 is 74.3 Å². The van der Waals surface area contributed by atoms with E-state index in [2.05, 4.69) is 26.1 Å². The van der Waals surface area contributed by atoms with Crippen LogP contribution in [0.25, 0.3) is 6.08 Å². The van der Waals surface area contributed by atoms with Crippen LogP contribution in [0.5, 0.6) is 0 Å². The quantitative estimate of drug-likeness (QED) is 0.407. The fraction of sp³-hybridized carbons (Fsp3) is 0.211. The van der Waals surface area contributed by atoms with E-state index >= 15 is 0 Å². The summed E-state index contributed by atoms with van der Waals surface area (Å²) in [5.74, 6) is 0.0380. The van der Waals surface area contributed by atoms with Crippen molar-refractivity contribution in [3.63, 3.8) is 0 Å². The van der Waals surface area contributed by atoms with Gasteiger partial charge in [-0.2, -0.15) is 0 Å². The third-order valence-corrected chi connectivity index (χ3v) is 5.66. The smallest absolute Gasteiger partial charge is 0.270 e. The summed E-state index contributed by atoms with van der Waals surface area (Å²) >= 11 is 14.6. The molecule has 0 bridgehead atoms. The van der Waals surface area contributed by atoms with Gasteiger partial charge in [0, 0.05) is 24.2 Å². The van der Waals surface area contributed by atoms with Crippen molar-refractivity contribution in [1.82, 2.24) is 5.32 Å². The number of nitrogens with one attached hydrogen (secondary N) is 1. The SMILES string of the molecule is O=C1NC(=S)N(c2ccc(Cl)cc2)C(=O)/C1=C/c1cc(Br)c(N2CCCC2)o1. The van der Waals surface area contributed by atoms with E-state index in [1.54, 1.807) is 30.3 Å². The zero-order valence-corrected chi connectivity index (χ0v) is 17.7. The number of benzene rings is 1. The van der Waals surface area contributed by atoms with Crippen molar-refractivity contribution < 1.29 is 14.0 Å². The van der Waals surface area contributed by atoms with Gasteiger partial charge in [-0.25, -0.2) is 0 Å². The van der Waals surface area contributed by atoms with Crippen molar-refractivity contribution in [3.8, 4) is 0 Å². The molecule has 4 rings (SSSR count). The van der Waals surface area contributed by atoms with Crippen LogP contribution >= 0.6 is 39.7 Å². The molecule has 0 radical (unpaired) electrons. The summed E-state index contributed by atoms with van der Waals surface area (Å²) in [7, 11) is 0. The van der Waals surface area contributed by atoms with Crippen molar-refractivity contribution in [2.24, 2.45) is 0 Å². The Balaban J connectivity index is 1.67. The van der Waals surface area contributed by atoms with E-state index in [4.69, 9.17) is 28.2 Å². The van der Waals surface area contributed by atoms with Crippen molar-refractivity contribution in [3.05, 3.63) is 51.2 Å². The molecule has 0 aliphatic carbocycles. The average Bonchev–Trinajstić information content (AvgIpc) is 3.29. The number of carbonyl (C=O) groups is 2. The molecule has 9 heteroatoms. The van der Waals surface area contributed by atoms with Crippen LogP contribution in [0, 0.1) is 0 Å². The van der Waals surface area contributed by atoms with E-state index in [0.29, 0.717) is 22.4 Å². The molecule has 0 atom stereocenters. The highest BCUT2D eigenvalue weighted by Gasteiger charge is 2.35. The fourth-order valence-electron chi connectivity index (χ4n) is 3.21. The van der Waals surface area contributed by atoms with E-state index in [-0.39, 0.29) is 10.7 Å². The van der Waals surface area contributed by atoms with Gasteiger partial charge in [0.1, 0.15) is 11.3 Å². The van der Waals surface area contributed by atoms with Gasteiger partial charge in [0.05, 0.1) is 10.2 Å². The molecule has 2 aliphatic rings. The molecular formula is C19H15BrClN3O3S. The maximum absolute atomic E-state index is 13.0. The van der Waals surface area contributed by atoms with Gasteiger partial charge >= 0.3 is 0 Å². The molecule has 2 saturated heterocycles. The van der Waals surface area contributed by atoms with Gasteiger partial charge in [-0.1, -0.05) is 11.6 Å². The van der Waals surface area contributed by atoms with Crippen molar-refractivity contribution in [2.75, 3.05) is 22.9 Å². The number of nitrogens with zero attached hydrogens (tertiary/aromatic N) is 2. The lowest BCUT2D eigenvalue weighted by Gasteiger charge is -2.28. The Morgan fingerprint density at radius 2 is 1.86 bits per heavy atom. The Morgan fingerprint density at radius 3 is 2.54 bits per heavy atom. The maximum Gasteiger partial charge on any atom is 0.270 e. The first-order chi connectivity index (χ1) is 13.4. The minimum Gasteiger partial charge on any atom is -0.440 e. The first-order valence-electron chi connectivity index (χ1n) is 8.65. The highest BCUT2D eigenvalue weighted by molar-refractivity contribution is 9.10. The number of halogens is 2. The fourth-order valence-corrected chi connectivity index (χ4v) is 4.17. The largest absolute Gasteiger partial charge is 0.440 e. The first-order valence-corrected chi connectivity index (χ1v) is 10.2. The van der Waals surface area contributed by atoms with Crippen LogP contribution in [0.15, 0.2) is 44.8 Å². The van der Waals surface area contributed by atoms with Crippen LogP contribution in [-0.2, 0) is 9.59 Å². The van der Waals surface area contributed by atoms with Crippen molar-refractivity contribution in [1.29, 1.82) is 0 Å². The number of rotatable bonds is 3. The van der Waals surface area contributed by atoms with Crippen LogP contribution in [0.1, 0.15) is 18.6 Å². The summed E-state index contributed by atoms with van der Waals surface area (Å²) in [6, 6.07) is 8.38. The van der Waals surface area contributed by atoms with Crippen LogP contribution in [0.3, 0.4) is 0 Å². The summed E-state index contributed by atoms with van der Waals surface area (Å²) < 4.78 is 6.67. The van der Waals surface area contributed by atoms with Crippen LogP contribution in [0.4, 0.5) is 11.6 Å². The Morgan fingerprint density at radius 1 is 1.18 bits per heavy atom. The molecule has 1 aromatic heterocycles. The second kappa shape index (κ2) is 7.69. The van der Waals surface area contributed by atoms with E-state index in [0.717, 1.165) is 30.4 Å². The van der Waals surface area contributed by atoms with Gasteiger partial charge in [-0.05, 0) is 71.3 Å². The van der Waals surface area contributed by atoms with E-state index < -0.39 is 11.8 Å². The molecule has 6 nitrogen and oxygen atoms in total. The van der Waals surface area contributed by atoms with Crippen LogP contribution in [-0.4, -0.2) is 30.0 Å². The molecule has 2 fully saturated rings. The van der Waals surface area contributed by atoms with Gasteiger partial charge in [-0.3, -0.25) is 19.8 Å². The number of anilines is 2. The van der Waals surface area contributed by atoms with Crippen LogP contribution < -0.4 is 15.1 Å². The van der Waals surface area contributed by atoms with Crippen molar-refractivity contribution in [2.45, 2.75) is 12.8 Å². The number of amides is 2. The Labute approximate surface area is 180 Å². The molecule has 2 aliphatic heterocycles. The van der Waals surface area contributed by atoms with E-state index in [1.807, 2.05) is 0 Å². The van der Waals surface area contributed by atoms with E-state index in [9.17, 15) is 9.59 Å². The van der Waals surface area contributed by atoms with Crippen LogP contribution in [0.2, 0.25) is 5.02 Å². The van der Waals surface area contributed by atoms with Gasteiger partial charge in [0.25, 0.3) is 11.8 Å². The lowest BCUT2D eigenvalue weighted by molar-refractivity contribution is -0.122. The summed E-state index contributed by atoms with van der Waals surface area (Å²) in [6.45, 7) is 1.83. The molecule has 0 spiro atoms. The zero-order valence-electron chi connectivity index (χ0n) is 14.6. The highest BCUT2D eigenvalue weighted by atomic mass is 79.9. The zero-order chi connectivity index (χ0) is 19.8. The third kappa shape index (κ3) is 3.59. The van der Waals surface area contributed by atoms with Gasteiger partial charge in [0.15, 0.2) is 5.11 Å². The molecular weight excluding hydrogens is 466 g/mol. The predicted molar refractivity (Wildman–Crippen MR) is 116 cm³/mol. The topological polar surface area (TPSA) is 65.8 Å². The highest BCUT2D eigenvalue weighted by Crippen LogP contribution is 2.34. The standard InChI is InChI=1S/C19H15BrClN3O3S/c20-15-10-13(27-18(15)23-7-1-2-8-23)9-14-16(25)22-19(28)24(17(14)26)12-5-3-11(21)4-6-12/h3-6,9-10H,1-2,7-8H2,(H,22,25,28)/b14-9+. The summed E-state index contributed by atoms with van der Waals surface area (Å²) in [5.41, 5.74) is 0.460. The lowest BCUT2D eigenvalue weighted by Crippen LogP contribution is -2.54.